The van der Waals surface area contributed by atoms with Gasteiger partial charge in [0.1, 0.15) is 0 Å². The minimum atomic E-state index is 0.142. The van der Waals surface area contributed by atoms with Gasteiger partial charge in [-0.3, -0.25) is 4.79 Å². The predicted octanol–water partition coefficient (Wildman–Crippen LogP) is 6.29. The van der Waals surface area contributed by atoms with Gasteiger partial charge in [0.15, 0.2) is 0 Å². The van der Waals surface area contributed by atoms with E-state index in [9.17, 15) is 4.79 Å². The van der Waals surface area contributed by atoms with E-state index in [1.54, 1.807) is 11.3 Å². The van der Waals surface area contributed by atoms with E-state index in [-0.39, 0.29) is 12.0 Å². The lowest BCUT2D eigenvalue weighted by Crippen LogP contribution is -2.51. The lowest BCUT2D eigenvalue weighted by Gasteiger charge is -2.52. The highest BCUT2D eigenvalue weighted by Crippen LogP contribution is 2.64. The first-order valence-electron chi connectivity index (χ1n) is 10.9. The molecule has 1 amide bonds. The zero-order valence-electron chi connectivity index (χ0n) is 16.5. The van der Waals surface area contributed by atoms with Crippen molar-refractivity contribution in [3.63, 3.8) is 0 Å². The van der Waals surface area contributed by atoms with Crippen molar-refractivity contribution in [1.29, 1.82) is 0 Å². The molecule has 4 aliphatic rings. The molecule has 3 fully saturated rings. The number of fused-ring (bicyclic) bond motifs is 1. The van der Waals surface area contributed by atoms with E-state index in [4.69, 9.17) is 0 Å². The Morgan fingerprint density at radius 2 is 1.83 bits per heavy atom. The normalized spacial score (nSPS) is 33.0. The maximum atomic E-state index is 13.9. The Hall–Kier alpha value is -0.430. The topological polar surface area (TPSA) is 20.3 Å². The molecule has 2 aromatic heterocycles. The van der Waals surface area contributed by atoms with Crippen molar-refractivity contribution in [2.24, 2.45) is 17.8 Å². The van der Waals surface area contributed by atoms with Crippen LogP contribution < -0.4 is 0 Å². The number of hydrogen-bond acceptors (Lipinski definition) is 5. The number of thiophene rings is 2. The van der Waals surface area contributed by atoms with Gasteiger partial charge in [0.05, 0.1) is 10.1 Å². The van der Waals surface area contributed by atoms with Crippen LogP contribution in [0.5, 0.6) is 0 Å². The summed E-state index contributed by atoms with van der Waals surface area (Å²) in [5.41, 5.74) is 1.38. The molecule has 2 saturated carbocycles. The van der Waals surface area contributed by atoms with Crippen LogP contribution in [0.25, 0.3) is 0 Å². The molecular formula is C23H27NOS4. The fraction of sp³-hybridized carbons (Fsp3) is 0.609. The number of hydrogen-bond donors (Lipinski definition) is 0. The Bertz CT molecular complexity index is 869. The summed E-state index contributed by atoms with van der Waals surface area (Å²) in [6.07, 6.45) is 7.32. The fourth-order valence-corrected chi connectivity index (χ4v) is 12.0. The van der Waals surface area contributed by atoms with E-state index in [0.29, 0.717) is 9.99 Å². The first kappa shape index (κ1) is 19.3. The third-order valence-electron chi connectivity index (χ3n) is 7.53. The molecule has 6 rings (SSSR count). The van der Waals surface area contributed by atoms with Gasteiger partial charge in [0.25, 0.3) is 0 Å². The average Bonchev–Trinajstić information content (AvgIpc) is 3.48. The lowest BCUT2D eigenvalue weighted by molar-refractivity contribution is -0.140. The molecule has 29 heavy (non-hydrogen) atoms. The molecule has 2 aliphatic heterocycles. The molecule has 3 unspecified atom stereocenters. The van der Waals surface area contributed by atoms with Gasteiger partial charge in [-0.05, 0) is 72.4 Å². The van der Waals surface area contributed by atoms with Gasteiger partial charge in [0, 0.05) is 33.7 Å². The van der Waals surface area contributed by atoms with Gasteiger partial charge in [-0.1, -0.05) is 12.5 Å². The summed E-state index contributed by atoms with van der Waals surface area (Å²) in [7, 11) is 0. The second kappa shape index (κ2) is 7.61. The first-order valence-corrected chi connectivity index (χ1v) is 14.7. The third-order valence-corrected chi connectivity index (χ3v) is 13.5. The quantitative estimate of drug-likeness (QED) is 0.524. The van der Waals surface area contributed by atoms with Gasteiger partial charge in [0.2, 0.25) is 5.91 Å². The van der Waals surface area contributed by atoms with E-state index in [2.05, 4.69) is 57.4 Å². The van der Waals surface area contributed by atoms with Crippen molar-refractivity contribution in [3.8, 4) is 0 Å². The molecule has 154 valence electrons. The predicted molar refractivity (Wildman–Crippen MR) is 127 cm³/mol. The summed E-state index contributed by atoms with van der Waals surface area (Å²) in [6, 6.07) is 6.76. The van der Waals surface area contributed by atoms with Crippen molar-refractivity contribution < 1.29 is 4.79 Å². The smallest absolute Gasteiger partial charge is 0.226 e. The van der Waals surface area contributed by atoms with Crippen LogP contribution in [0.15, 0.2) is 29.0 Å². The monoisotopic (exact) mass is 461 g/mol. The molecule has 0 N–H and O–H groups in total. The standard InChI is InChI=1S/C23H27NOS4/c25-22(15-13-16-3-1-4-17(14-15)23(16)28-11-12-29-23)24-8-6-19-18(7-10-27-19)21(24)20-5-2-9-26-20/h2,5,7,9-10,15-17,21H,1,3-4,6,8,11-14H2. The van der Waals surface area contributed by atoms with E-state index in [1.807, 2.05) is 11.3 Å². The number of carbonyl (C=O) groups is 1. The van der Waals surface area contributed by atoms with E-state index < -0.39 is 0 Å². The van der Waals surface area contributed by atoms with E-state index in [0.717, 1.165) is 37.6 Å². The summed E-state index contributed by atoms with van der Waals surface area (Å²) in [5.74, 6) is 4.78. The van der Waals surface area contributed by atoms with Gasteiger partial charge >= 0.3 is 0 Å². The highest BCUT2D eigenvalue weighted by atomic mass is 32.2. The largest absolute Gasteiger partial charge is 0.330 e. The molecule has 2 aromatic rings. The van der Waals surface area contributed by atoms with E-state index >= 15 is 0 Å². The molecule has 2 nitrogen and oxygen atoms in total. The summed E-state index contributed by atoms with van der Waals surface area (Å²) in [4.78, 5) is 19.0. The molecule has 2 aliphatic carbocycles. The zero-order valence-corrected chi connectivity index (χ0v) is 19.8. The third kappa shape index (κ3) is 3.07. The van der Waals surface area contributed by atoms with Crippen molar-refractivity contribution >= 4 is 52.1 Å². The number of carbonyl (C=O) groups excluding carboxylic acids is 1. The minimum absolute atomic E-state index is 0.142. The van der Waals surface area contributed by atoms with Crippen LogP contribution in [0.3, 0.4) is 0 Å². The van der Waals surface area contributed by atoms with Gasteiger partial charge in [-0.15, -0.1) is 46.2 Å². The van der Waals surface area contributed by atoms with Gasteiger partial charge < -0.3 is 4.90 Å². The highest BCUT2D eigenvalue weighted by molar-refractivity contribution is 8.21. The van der Waals surface area contributed by atoms with Crippen molar-refractivity contribution in [1.82, 2.24) is 4.90 Å². The second-order valence-electron chi connectivity index (χ2n) is 8.91. The summed E-state index contributed by atoms with van der Waals surface area (Å²) < 4.78 is 0.449. The van der Waals surface area contributed by atoms with E-state index in [1.165, 1.54) is 46.1 Å². The van der Waals surface area contributed by atoms with Crippen LogP contribution in [0, 0.1) is 17.8 Å². The highest BCUT2D eigenvalue weighted by Gasteiger charge is 2.56. The van der Waals surface area contributed by atoms with Crippen molar-refractivity contribution in [3.05, 3.63) is 44.3 Å². The summed E-state index contributed by atoms with van der Waals surface area (Å²) in [5, 5.41) is 4.37. The van der Waals surface area contributed by atoms with Crippen molar-refractivity contribution in [2.45, 2.75) is 48.6 Å². The lowest BCUT2D eigenvalue weighted by atomic mass is 9.66. The molecule has 0 aromatic carbocycles. The molecule has 4 heterocycles. The maximum absolute atomic E-state index is 13.9. The Kier molecular flexibility index (Phi) is 5.06. The number of nitrogens with zero attached hydrogens (tertiary/aromatic N) is 1. The summed E-state index contributed by atoms with van der Waals surface area (Å²) >= 11 is 8.14. The fourth-order valence-electron chi connectivity index (χ4n) is 6.35. The average molecular weight is 462 g/mol. The molecule has 6 heteroatoms. The molecule has 1 spiro atoms. The molecule has 3 atom stereocenters. The van der Waals surface area contributed by atoms with Crippen LogP contribution in [0.1, 0.15) is 53.5 Å². The Balaban J connectivity index is 1.29. The SMILES string of the molecule is O=C(C1CC2CCCC(C1)C21SCCS1)N1CCc2sccc2C1c1cccs1. The molecule has 2 bridgehead atoms. The van der Waals surface area contributed by atoms with Crippen molar-refractivity contribution in [2.75, 3.05) is 18.1 Å². The van der Waals surface area contributed by atoms with Crippen LogP contribution in [-0.4, -0.2) is 32.9 Å². The number of thioether (sulfide) groups is 2. The number of rotatable bonds is 2. The maximum Gasteiger partial charge on any atom is 0.226 e. The first-order chi connectivity index (χ1) is 14.3. The Morgan fingerprint density at radius 3 is 2.55 bits per heavy atom. The second-order valence-corrected chi connectivity index (χ2v) is 13.9. The Morgan fingerprint density at radius 1 is 1.03 bits per heavy atom. The van der Waals surface area contributed by atoms with Gasteiger partial charge in [-0.25, -0.2) is 0 Å². The van der Waals surface area contributed by atoms with Gasteiger partial charge in [-0.2, -0.15) is 0 Å². The van der Waals surface area contributed by atoms with Crippen LogP contribution in [0.2, 0.25) is 0 Å². The van der Waals surface area contributed by atoms with Crippen LogP contribution in [0.4, 0.5) is 0 Å². The zero-order chi connectivity index (χ0) is 19.4. The number of amides is 1. The summed E-state index contributed by atoms with van der Waals surface area (Å²) in [6.45, 7) is 0.884. The molecular weight excluding hydrogens is 435 g/mol. The van der Waals surface area contributed by atoms with Crippen LogP contribution >= 0.6 is 46.2 Å². The molecule has 0 radical (unpaired) electrons. The Labute approximate surface area is 189 Å². The van der Waals surface area contributed by atoms with Crippen LogP contribution in [-0.2, 0) is 11.2 Å². The molecule has 1 saturated heterocycles. The minimum Gasteiger partial charge on any atom is -0.330 e.